The van der Waals surface area contributed by atoms with Gasteiger partial charge in [0.1, 0.15) is 11.9 Å². The Hall–Kier alpha value is -1.04. The summed E-state index contributed by atoms with van der Waals surface area (Å²) in [5.41, 5.74) is 1.75. The highest BCUT2D eigenvalue weighted by Crippen LogP contribution is 2.29. The third-order valence-electron chi connectivity index (χ3n) is 3.17. The van der Waals surface area contributed by atoms with Crippen LogP contribution in [-0.4, -0.2) is 23.6 Å². The zero-order chi connectivity index (χ0) is 13.7. The van der Waals surface area contributed by atoms with E-state index in [1.807, 2.05) is 30.3 Å². The van der Waals surface area contributed by atoms with Gasteiger partial charge in [-0.15, -0.1) is 0 Å². The van der Waals surface area contributed by atoms with Gasteiger partial charge in [-0.05, 0) is 12.0 Å². The minimum Gasteiger partial charge on any atom is -0.493 e. The molecule has 3 nitrogen and oxygen atoms in total. The lowest BCUT2D eigenvalue weighted by Crippen LogP contribution is -2.12. The van der Waals surface area contributed by atoms with E-state index in [1.165, 1.54) is 7.11 Å². The highest BCUT2D eigenvalue weighted by Gasteiger charge is 2.26. The van der Waals surface area contributed by atoms with Crippen molar-refractivity contribution < 1.29 is 14.3 Å². The molecule has 0 N–H and O–H groups in total. The highest BCUT2D eigenvalue weighted by atomic mass is 127. The normalized spacial score (nSPS) is 20.8. The van der Waals surface area contributed by atoms with Crippen LogP contribution in [0.15, 0.2) is 41.7 Å². The Balaban J connectivity index is 2.22. The van der Waals surface area contributed by atoms with Crippen LogP contribution in [0.25, 0.3) is 0 Å². The number of allylic oxidation sites excluding steroid dienone is 1. The molecule has 1 unspecified atom stereocenters. The molecule has 1 aromatic rings. The molecule has 0 spiro atoms. The molecule has 2 rings (SSSR count). The van der Waals surface area contributed by atoms with Crippen molar-refractivity contribution in [3.05, 3.63) is 47.2 Å². The summed E-state index contributed by atoms with van der Waals surface area (Å²) in [6.45, 7) is 0. The van der Waals surface area contributed by atoms with Crippen LogP contribution in [0.1, 0.15) is 18.4 Å². The molecule has 1 atom stereocenters. The summed E-state index contributed by atoms with van der Waals surface area (Å²) in [7, 11) is 1.42. The van der Waals surface area contributed by atoms with Crippen molar-refractivity contribution >= 4 is 28.6 Å². The lowest BCUT2D eigenvalue weighted by molar-refractivity contribution is -0.136. The van der Waals surface area contributed by atoms with Crippen LogP contribution >= 0.6 is 22.6 Å². The van der Waals surface area contributed by atoms with Crippen molar-refractivity contribution in [3.8, 4) is 0 Å². The van der Waals surface area contributed by atoms with Crippen LogP contribution in [0.2, 0.25) is 0 Å². The zero-order valence-corrected chi connectivity index (χ0v) is 13.1. The molecule has 19 heavy (non-hydrogen) atoms. The Labute approximate surface area is 127 Å². The molecule has 0 bridgehead atoms. The quantitative estimate of drug-likeness (QED) is 0.352. The fourth-order valence-electron chi connectivity index (χ4n) is 2.15. The largest absolute Gasteiger partial charge is 0.493 e. The Morgan fingerprint density at radius 1 is 1.42 bits per heavy atom. The number of esters is 1. The Morgan fingerprint density at radius 3 is 2.74 bits per heavy atom. The third kappa shape index (κ3) is 3.72. The van der Waals surface area contributed by atoms with E-state index in [9.17, 15) is 4.79 Å². The Bertz CT molecular complexity index is 468. The van der Waals surface area contributed by atoms with Gasteiger partial charge in [0.15, 0.2) is 0 Å². The average molecular weight is 372 g/mol. The lowest BCUT2D eigenvalue weighted by atomic mass is 10.0. The van der Waals surface area contributed by atoms with Crippen molar-refractivity contribution in [2.75, 3.05) is 11.5 Å². The first-order valence-corrected chi connectivity index (χ1v) is 7.84. The van der Waals surface area contributed by atoms with Crippen LogP contribution in [0.3, 0.4) is 0 Å². The molecule has 1 heterocycles. The van der Waals surface area contributed by atoms with E-state index in [1.54, 1.807) is 0 Å². The summed E-state index contributed by atoms with van der Waals surface area (Å²) in [6.07, 6.45) is 2.60. The zero-order valence-electron chi connectivity index (χ0n) is 10.9. The molecule has 1 aromatic carbocycles. The second-order valence-corrected chi connectivity index (χ2v) is 5.37. The molecule has 1 aliphatic heterocycles. The smallest absolute Gasteiger partial charge is 0.337 e. The number of carbonyl (C=O) groups excluding carboxylic acids is 1. The number of rotatable bonds is 4. The summed E-state index contributed by atoms with van der Waals surface area (Å²) in [5, 5.41) is 0. The molecule has 0 aliphatic carbocycles. The molecule has 1 fully saturated rings. The van der Waals surface area contributed by atoms with Crippen LogP contribution in [-0.2, 0) is 20.7 Å². The van der Waals surface area contributed by atoms with E-state index < -0.39 is 0 Å². The number of carbonyl (C=O) groups is 1. The SMILES string of the molecule is COC(=O)/C(Cc1ccccc1)=C1\CCC(CI)O1. The van der Waals surface area contributed by atoms with Crippen molar-refractivity contribution in [3.63, 3.8) is 0 Å². The minimum atomic E-state index is -0.284. The third-order valence-corrected chi connectivity index (χ3v) is 4.15. The van der Waals surface area contributed by atoms with Crippen LogP contribution in [0.4, 0.5) is 0 Å². The number of ether oxygens (including phenoxy) is 2. The van der Waals surface area contributed by atoms with Crippen molar-refractivity contribution in [2.24, 2.45) is 0 Å². The van der Waals surface area contributed by atoms with Gasteiger partial charge in [0.25, 0.3) is 0 Å². The molecule has 1 saturated heterocycles. The first-order valence-electron chi connectivity index (χ1n) is 6.31. The van der Waals surface area contributed by atoms with Crippen molar-refractivity contribution in [1.82, 2.24) is 0 Å². The number of hydrogen-bond acceptors (Lipinski definition) is 3. The molecule has 102 valence electrons. The van der Waals surface area contributed by atoms with Gasteiger partial charge in [-0.3, -0.25) is 0 Å². The van der Waals surface area contributed by atoms with Gasteiger partial charge >= 0.3 is 5.97 Å². The summed E-state index contributed by atoms with van der Waals surface area (Å²) in [6, 6.07) is 9.92. The second kappa shape index (κ2) is 6.93. The van der Waals surface area contributed by atoms with Gasteiger partial charge in [0.2, 0.25) is 0 Å². The molecule has 1 aliphatic rings. The van der Waals surface area contributed by atoms with E-state index in [0.29, 0.717) is 12.0 Å². The summed E-state index contributed by atoms with van der Waals surface area (Å²) >= 11 is 2.31. The maximum Gasteiger partial charge on any atom is 0.337 e. The number of alkyl halides is 1. The fourth-order valence-corrected chi connectivity index (χ4v) is 2.77. The first kappa shape index (κ1) is 14.4. The predicted molar refractivity (Wildman–Crippen MR) is 82.2 cm³/mol. The van der Waals surface area contributed by atoms with Crippen molar-refractivity contribution in [1.29, 1.82) is 0 Å². The molecular weight excluding hydrogens is 355 g/mol. The number of methoxy groups -OCH3 is 1. The van der Waals surface area contributed by atoms with Crippen LogP contribution in [0, 0.1) is 0 Å². The maximum atomic E-state index is 11.9. The second-order valence-electron chi connectivity index (χ2n) is 4.49. The molecule has 0 saturated carbocycles. The van der Waals surface area contributed by atoms with E-state index in [2.05, 4.69) is 22.6 Å². The molecule has 4 heteroatoms. The number of halogens is 1. The predicted octanol–water partition coefficient (Wildman–Crippen LogP) is 3.27. The van der Waals surface area contributed by atoms with Gasteiger partial charge in [-0.1, -0.05) is 52.9 Å². The van der Waals surface area contributed by atoms with Gasteiger partial charge in [-0.25, -0.2) is 4.79 Å². The topological polar surface area (TPSA) is 35.5 Å². The van der Waals surface area contributed by atoms with E-state index in [0.717, 1.165) is 28.6 Å². The summed E-state index contributed by atoms with van der Waals surface area (Å²) in [4.78, 5) is 11.9. The Morgan fingerprint density at radius 2 is 2.16 bits per heavy atom. The minimum absolute atomic E-state index is 0.228. The molecule has 0 aromatic heterocycles. The fraction of sp³-hybridized carbons (Fsp3) is 0.400. The van der Waals surface area contributed by atoms with Gasteiger partial charge in [-0.2, -0.15) is 0 Å². The van der Waals surface area contributed by atoms with Gasteiger partial charge < -0.3 is 9.47 Å². The standard InChI is InChI=1S/C15H17IO3/c1-18-15(17)13(9-11-5-3-2-4-6-11)14-8-7-12(10-16)19-14/h2-6,12H,7-10H2,1H3/b14-13+. The van der Waals surface area contributed by atoms with Gasteiger partial charge in [0, 0.05) is 17.3 Å². The van der Waals surface area contributed by atoms with E-state index in [4.69, 9.17) is 9.47 Å². The Kier molecular flexibility index (Phi) is 5.24. The van der Waals surface area contributed by atoms with E-state index in [-0.39, 0.29) is 12.1 Å². The molecule has 0 amide bonds. The maximum absolute atomic E-state index is 11.9. The van der Waals surface area contributed by atoms with E-state index >= 15 is 0 Å². The van der Waals surface area contributed by atoms with Crippen molar-refractivity contribution in [2.45, 2.75) is 25.4 Å². The van der Waals surface area contributed by atoms with Crippen LogP contribution < -0.4 is 0 Å². The number of hydrogen-bond donors (Lipinski definition) is 0. The summed E-state index contributed by atoms with van der Waals surface area (Å²) < 4.78 is 11.7. The highest BCUT2D eigenvalue weighted by molar-refractivity contribution is 14.1. The van der Waals surface area contributed by atoms with Gasteiger partial charge in [0.05, 0.1) is 12.7 Å². The average Bonchev–Trinajstić information content (AvgIpc) is 2.93. The number of benzene rings is 1. The summed E-state index contributed by atoms with van der Waals surface area (Å²) in [5.74, 6) is 0.519. The monoisotopic (exact) mass is 372 g/mol. The first-order chi connectivity index (χ1) is 9.24. The lowest BCUT2D eigenvalue weighted by Gasteiger charge is -2.11. The van der Waals surface area contributed by atoms with Crippen LogP contribution in [0.5, 0.6) is 0 Å². The molecular formula is C15H17IO3. The molecule has 0 radical (unpaired) electrons.